The van der Waals surface area contributed by atoms with Crippen LogP contribution >= 0.6 is 0 Å². The minimum Gasteiger partial charge on any atom is -0.482 e. The van der Waals surface area contributed by atoms with E-state index in [9.17, 15) is 9.59 Å². The Hall–Kier alpha value is -2.08. The summed E-state index contributed by atoms with van der Waals surface area (Å²) in [5.41, 5.74) is 1.52. The Balaban J connectivity index is 1.88. The first-order valence-corrected chi connectivity index (χ1v) is 7.41. The molecule has 22 heavy (non-hydrogen) atoms. The normalized spacial score (nSPS) is 17.8. The molecule has 0 aliphatic carbocycles. The lowest BCUT2D eigenvalue weighted by Gasteiger charge is -2.22. The molecule has 1 aliphatic rings. The summed E-state index contributed by atoms with van der Waals surface area (Å²) in [5.74, 6) is -0.634. The van der Waals surface area contributed by atoms with E-state index < -0.39 is 5.97 Å². The molecule has 1 atom stereocenters. The van der Waals surface area contributed by atoms with E-state index >= 15 is 0 Å². The number of ether oxygens (including phenoxy) is 2. The first-order valence-electron chi connectivity index (χ1n) is 7.41. The molecule has 0 bridgehead atoms. The number of carbonyl (C=O) groups excluding carboxylic acids is 1. The summed E-state index contributed by atoms with van der Waals surface area (Å²) < 4.78 is 10.7. The van der Waals surface area contributed by atoms with Crippen LogP contribution in [0.5, 0.6) is 5.75 Å². The van der Waals surface area contributed by atoms with Crippen molar-refractivity contribution in [1.82, 2.24) is 0 Å². The lowest BCUT2D eigenvalue weighted by molar-refractivity contribution is -0.139. The van der Waals surface area contributed by atoms with E-state index in [0.717, 1.165) is 31.4 Å². The van der Waals surface area contributed by atoms with Gasteiger partial charge in [-0.2, -0.15) is 0 Å². The summed E-state index contributed by atoms with van der Waals surface area (Å²) in [5, 5.41) is 11.4. The number of rotatable bonds is 6. The van der Waals surface area contributed by atoms with E-state index in [0.29, 0.717) is 17.9 Å². The Labute approximate surface area is 129 Å². The highest BCUT2D eigenvalue weighted by molar-refractivity contribution is 5.91. The van der Waals surface area contributed by atoms with Crippen molar-refractivity contribution in [1.29, 1.82) is 0 Å². The van der Waals surface area contributed by atoms with Crippen LogP contribution in [0.1, 0.15) is 31.2 Å². The molecule has 120 valence electrons. The van der Waals surface area contributed by atoms with Crippen molar-refractivity contribution in [2.75, 3.05) is 18.5 Å². The first-order chi connectivity index (χ1) is 10.5. The largest absolute Gasteiger partial charge is 0.482 e. The Morgan fingerprint density at radius 1 is 1.41 bits per heavy atom. The topological polar surface area (TPSA) is 84.9 Å². The molecule has 1 heterocycles. The van der Waals surface area contributed by atoms with Gasteiger partial charge < -0.3 is 19.9 Å². The Morgan fingerprint density at radius 3 is 2.86 bits per heavy atom. The number of carboxylic acid groups (broad SMARTS) is 1. The monoisotopic (exact) mass is 307 g/mol. The van der Waals surface area contributed by atoms with Gasteiger partial charge in [-0.25, -0.2) is 4.79 Å². The number of hydrogen-bond acceptors (Lipinski definition) is 4. The molecule has 0 radical (unpaired) electrons. The van der Waals surface area contributed by atoms with E-state index in [1.54, 1.807) is 18.2 Å². The van der Waals surface area contributed by atoms with Crippen LogP contribution in [0.15, 0.2) is 18.2 Å². The van der Waals surface area contributed by atoms with Crippen molar-refractivity contribution in [2.45, 2.75) is 38.7 Å². The summed E-state index contributed by atoms with van der Waals surface area (Å²) in [6.45, 7) is 2.18. The molecule has 1 aliphatic heterocycles. The van der Waals surface area contributed by atoms with Gasteiger partial charge in [0.25, 0.3) is 0 Å². The maximum absolute atomic E-state index is 12.0. The van der Waals surface area contributed by atoms with Gasteiger partial charge in [-0.1, -0.05) is 0 Å². The molecule has 0 spiro atoms. The van der Waals surface area contributed by atoms with Gasteiger partial charge in [-0.05, 0) is 49.9 Å². The van der Waals surface area contributed by atoms with E-state index in [1.807, 2.05) is 6.92 Å². The van der Waals surface area contributed by atoms with Crippen molar-refractivity contribution in [3.8, 4) is 5.75 Å². The third-order valence-electron chi connectivity index (χ3n) is 3.52. The number of carboxylic acids is 1. The van der Waals surface area contributed by atoms with E-state index in [1.165, 1.54) is 0 Å². The summed E-state index contributed by atoms with van der Waals surface area (Å²) >= 11 is 0. The average Bonchev–Trinajstić information content (AvgIpc) is 2.48. The standard InChI is InChI=1S/C16H21NO5/c1-11-8-13(22-10-16(19)20)5-6-14(11)17-15(18)9-12-4-2-3-7-21-12/h5-6,8,12H,2-4,7,9-10H2,1H3,(H,17,18)(H,19,20). The molecule has 2 rings (SSSR count). The molecular weight excluding hydrogens is 286 g/mol. The van der Waals surface area contributed by atoms with Crippen LogP contribution in [0, 0.1) is 6.92 Å². The van der Waals surface area contributed by atoms with Gasteiger partial charge in [0.2, 0.25) is 5.91 Å². The molecule has 6 heteroatoms. The van der Waals surface area contributed by atoms with Crippen LogP contribution in [-0.4, -0.2) is 36.3 Å². The number of aliphatic carboxylic acids is 1. The molecule has 1 aromatic rings. The number of benzene rings is 1. The summed E-state index contributed by atoms with van der Waals surface area (Å²) in [4.78, 5) is 22.5. The zero-order valence-corrected chi connectivity index (χ0v) is 12.6. The zero-order valence-electron chi connectivity index (χ0n) is 12.6. The fraction of sp³-hybridized carbons (Fsp3) is 0.500. The van der Waals surface area contributed by atoms with Crippen molar-refractivity contribution >= 4 is 17.6 Å². The van der Waals surface area contributed by atoms with E-state index in [4.69, 9.17) is 14.6 Å². The molecule has 1 unspecified atom stereocenters. The highest BCUT2D eigenvalue weighted by Gasteiger charge is 2.18. The van der Waals surface area contributed by atoms with Gasteiger partial charge in [-0.15, -0.1) is 0 Å². The highest BCUT2D eigenvalue weighted by Crippen LogP contribution is 2.22. The molecule has 6 nitrogen and oxygen atoms in total. The van der Waals surface area contributed by atoms with Gasteiger partial charge in [0.15, 0.2) is 6.61 Å². The summed E-state index contributed by atoms with van der Waals surface area (Å²) in [6.07, 6.45) is 3.46. The smallest absolute Gasteiger partial charge is 0.341 e. The van der Waals surface area contributed by atoms with E-state index in [-0.39, 0.29) is 18.6 Å². The van der Waals surface area contributed by atoms with Gasteiger partial charge in [-0.3, -0.25) is 4.79 Å². The molecule has 0 aromatic heterocycles. The maximum Gasteiger partial charge on any atom is 0.341 e. The fourth-order valence-corrected chi connectivity index (χ4v) is 2.39. The van der Waals surface area contributed by atoms with Gasteiger partial charge in [0.1, 0.15) is 5.75 Å². The minimum atomic E-state index is -1.03. The predicted octanol–water partition coefficient (Wildman–Crippen LogP) is 2.36. The molecule has 1 fully saturated rings. The molecule has 1 saturated heterocycles. The van der Waals surface area contributed by atoms with Gasteiger partial charge in [0.05, 0.1) is 12.5 Å². The van der Waals surface area contributed by atoms with Crippen LogP contribution in [0.2, 0.25) is 0 Å². The van der Waals surface area contributed by atoms with Crippen molar-refractivity contribution < 1.29 is 24.2 Å². The van der Waals surface area contributed by atoms with E-state index in [2.05, 4.69) is 5.32 Å². The lowest BCUT2D eigenvalue weighted by atomic mass is 10.1. The SMILES string of the molecule is Cc1cc(OCC(=O)O)ccc1NC(=O)CC1CCCCO1. The van der Waals surface area contributed by atoms with Crippen molar-refractivity contribution in [2.24, 2.45) is 0 Å². The summed E-state index contributed by atoms with van der Waals surface area (Å²) in [6, 6.07) is 5.06. The predicted molar refractivity (Wildman–Crippen MR) is 81.1 cm³/mol. The molecular formula is C16H21NO5. The molecule has 2 N–H and O–H groups in total. The highest BCUT2D eigenvalue weighted by atomic mass is 16.5. The number of carbonyl (C=O) groups is 2. The molecule has 1 aromatic carbocycles. The number of nitrogens with one attached hydrogen (secondary N) is 1. The fourth-order valence-electron chi connectivity index (χ4n) is 2.39. The van der Waals surface area contributed by atoms with Gasteiger partial charge >= 0.3 is 5.97 Å². The van der Waals surface area contributed by atoms with Crippen LogP contribution in [-0.2, 0) is 14.3 Å². The second-order valence-corrected chi connectivity index (χ2v) is 5.40. The zero-order chi connectivity index (χ0) is 15.9. The quantitative estimate of drug-likeness (QED) is 0.842. The Morgan fingerprint density at radius 2 is 2.23 bits per heavy atom. The minimum absolute atomic E-state index is 0.00669. The molecule has 1 amide bonds. The van der Waals surface area contributed by atoms with Crippen LogP contribution in [0.25, 0.3) is 0 Å². The van der Waals surface area contributed by atoms with Crippen molar-refractivity contribution in [3.05, 3.63) is 23.8 Å². The third kappa shape index (κ3) is 5.04. The van der Waals surface area contributed by atoms with Crippen LogP contribution in [0.4, 0.5) is 5.69 Å². The second-order valence-electron chi connectivity index (χ2n) is 5.40. The van der Waals surface area contributed by atoms with Gasteiger partial charge in [0, 0.05) is 12.3 Å². The average molecular weight is 307 g/mol. The van der Waals surface area contributed by atoms with Crippen LogP contribution < -0.4 is 10.1 Å². The number of hydrogen-bond donors (Lipinski definition) is 2. The maximum atomic E-state index is 12.0. The number of aryl methyl sites for hydroxylation is 1. The number of anilines is 1. The van der Waals surface area contributed by atoms with Crippen LogP contribution in [0.3, 0.4) is 0 Å². The molecule has 0 saturated carbocycles. The van der Waals surface area contributed by atoms with Crippen molar-refractivity contribution in [3.63, 3.8) is 0 Å². The second kappa shape index (κ2) is 7.79. The lowest BCUT2D eigenvalue weighted by Crippen LogP contribution is -2.25. The Kier molecular flexibility index (Phi) is 5.77. The first kappa shape index (κ1) is 16.3. The summed E-state index contributed by atoms with van der Waals surface area (Å²) in [7, 11) is 0. The number of amides is 1. The Bertz CT molecular complexity index is 537. The third-order valence-corrected chi connectivity index (χ3v) is 3.52.